The van der Waals surface area contributed by atoms with Gasteiger partial charge in [-0.05, 0) is 35.7 Å². The Labute approximate surface area is 157 Å². The summed E-state index contributed by atoms with van der Waals surface area (Å²) < 4.78 is 26.8. The lowest BCUT2D eigenvalue weighted by Crippen LogP contribution is -2.01. The number of esters is 1. The first-order valence-electron chi connectivity index (χ1n) is 8.20. The fourth-order valence-corrected chi connectivity index (χ4v) is 2.91. The van der Waals surface area contributed by atoms with E-state index in [0.29, 0.717) is 23.3 Å². The summed E-state index contributed by atoms with van der Waals surface area (Å²) in [5, 5.41) is 0. The Morgan fingerprint density at radius 3 is 1.74 bits per heavy atom. The van der Waals surface area contributed by atoms with Gasteiger partial charge in [-0.15, -0.1) is 0 Å². The van der Waals surface area contributed by atoms with Crippen LogP contribution in [0.1, 0.15) is 30.5 Å². The minimum Gasteiger partial charge on any atom is -0.427 e. The highest BCUT2D eigenvalue weighted by atomic mass is 31.2. The van der Waals surface area contributed by atoms with Crippen LogP contribution in [0.25, 0.3) is 0 Å². The molecular formula is C19H21O7P. The molecule has 8 heteroatoms. The van der Waals surface area contributed by atoms with Crippen molar-refractivity contribution in [2.24, 2.45) is 0 Å². The van der Waals surface area contributed by atoms with Gasteiger partial charge in [0, 0.05) is 13.3 Å². The second kappa shape index (κ2) is 9.58. The zero-order chi connectivity index (χ0) is 19.9. The molecule has 0 saturated carbocycles. The number of carbonyl (C=O) groups excluding carboxylic acids is 2. The second-order valence-electron chi connectivity index (χ2n) is 5.95. The van der Waals surface area contributed by atoms with Gasteiger partial charge in [-0.1, -0.05) is 36.4 Å². The van der Waals surface area contributed by atoms with E-state index in [9.17, 15) is 19.0 Å². The number of rotatable bonds is 9. The predicted molar refractivity (Wildman–Crippen MR) is 98.0 cm³/mol. The molecule has 1 N–H and O–H groups in total. The summed E-state index contributed by atoms with van der Waals surface area (Å²) in [5.41, 5.74) is 2.18. The number of phosphoric ester groups is 1. The standard InChI is InChI=1S/C19H21O7P/c1-14(20)11-16-3-5-17(6-4-16)12-24-27(22,23)25-13-18-7-9-19(10-8-18)26-15(2)21/h3-10H,11-13H2,1-2H3,(H,22,23). The fourth-order valence-electron chi connectivity index (χ4n) is 2.21. The van der Waals surface area contributed by atoms with Gasteiger partial charge in [0.15, 0.2) is 0 Å². The summed E-state index contributed by atoms with van der Waals surface area (Å²) >= 11 is 0. The van der Waals surface area contributed by atoms with Gasteiger partial charge in [-0.25, -0.2) is 4.57 Å². The molecule has 0 bridgehead atoms. The van der Waals surface area contributed by atoms with Crippen molar-refractivity contribution < 1.29 is 32.8 Å². The highest BCUT2D eigenvalue weighted by Gasteiger charge is 2.21. The molecule has 1 atom stereocenters. The zero-order valence-corrected chi connectivity index (χ0v) is 16.0. The van der Waals surface area contributed by atoms with Crippen LogP contribution in [0.3, 0.4) is 0 Å². The van der Waals surface area contributed by atoms with Crippen molar-refractivity contribution in [3.05, 3.63) is 65.2 Å². The molecule has 0 aliphatic heterocycles. The van der Waals surface area contributed by atoms with E-state index in [1.165, 1.54) is 13.8 Å². The second-order valence-corrected chi connectivity index (χ2v) is 7.40. The van der Waals surface area contributed by atoms with Crippen molar-refractivity contribution in [1.29, 1.82) is 0 Å². The maximum absolute atomic E-state index is 12.0. The fraction of sp³-hybridized carbons (Fsp3) is 0.263. The van der Waals surface area contributed by atoms with E-state index in [1.807, 2.05) is 0 Å². The molecule has 0 heterocycles. The van der Waals surface area contributed by atoms with Crippen LogP contribution in [0.15, 0.2) is 48.5 Å². The highest BCUT2D eigenvalue weighted by Crippen LogP contribution is 2.45. The maximum atomic E-state index is 12.0. The van der Waals surface area contributed by atoms with E-state index in [0.717, 1.165) is 5.56 Å². The topological polar surface area (TPSA) is 99.1 Å². The molecule has 0 saturated heterocycles. The number of Topliss-reactive ketones (excluding diaryl/α,β-unsaturated/α-hetero) is 1. The van der Waals surface area contributed by atoms with Gasteiger partial charge in [0.2, 0.25) is 0 Å². The van der Waals surface area contributed by atoms with Gasteiger partial charge >= 0.3 is 13.8 Å². The normalized spacial score (nSPS) is 13.0. The third-order valence-corrected chi connectivity index (χ3v) is 4.36. The molecule has 2 aromatic rings. The number of phosphoric acid groups is 1. The van der Waals surface area contributed by atoms with Gasteiger partial charge in [0.05, 0.1) is 13.2 Å². The zero-order valence-electron chi connectivity index (χ0n) is 15.1. The molecule has 1 unspecified atom stereocenters. The van der Waals surface area contributed by atoms with E-state index in [1.54, 1.807) is 48.5 Å². The summed E-state index contributed by atoms with van der Waals surface area (Å²) in [4.78, 5) is 31.7. The van der Waals surface area contributed by atoms with Crippen molar-refractivity contribution in [3.63, 3.8) is 0 Å². The summed E-state index contributed by atoms with van der Waals surface area (Å²) in [5.74, 6) is 0.0117. The Balaban J connectivity index is 1.83. The lowest BCUT2D eigenvalue weighted by Gasteiger charge is -2.12. The monoisotopic (exact) mass is 392 g/mol. The third kappa shape index (κ3) is 7.85. The van der Waals surface area contributed by atoms with Crippen molar-refractivity contribution in [2.75, 3.05) is 0 Å². The maximum Gasteiger partial charge on any atom is 0.472 e. The summed E-state index contributed by atoms with van der Waals surface area (Å²) in [7, 11) is -4.23. The third-order valence-electron chi connectivity index (χ3n) is 3.45. The first kappa shape index (κ1) is 21.0. The van der Waals surface area contributed by atoms with E-state index in [4.69, 9.17) is 13.8 Å². The average Bonchev–Trinajstić information content (AvgIpc) is 2.60. The Hall–Kier alpha value is -2.31. The smallest absolute Gasteiger partial charge is 0.427 e. The van der Waals surface area contributed by atoms with Gasteiger partial charge < -0.3 is 9.63 Å². The minimum absolute atomic E-state index is 0.0631. The molecule has 27 heavy (non-hydrogen) atoms. The highest BCUT2D eigenvalue weighted by molar-refractivity contribution is 7.47. The van der Waals surface area contributed by atoms with Crippen LogP contribution in [0, 0.1) is 0 Å². The Morgan fingerprint density at radius 1 is 0.852 bits per heavy atom. The predicted octanol–water partition coefficient (Wildman–Crippen LogP) is 3.58. The Kier molecular flexibility index (Phi) is 7.45. The molecule has 144 valence electrons. The van der Waals surface area contributed by atoms with E-state index in [2.05, 4.69) is 0 Å². The van der Waals surface area contributed by atoms with Crippen LogP contribution < -0.4 is 4.74 Å². The first-order valence-corrected chi connectivity index (χ1v) is 9.69. The van der Waals surface area contributed by atoms with Crippen LogP contribution in [-0.2, 0) is 42.8 Å². The van der Waals surface area contributed by atoms with Gasteiger partial charge in [-0.2, -0.15) is 0 Å². The average molecular weight is 392 g/mol. The van der Waals surface area contributed by atoms with Crippen molar-refractivity contribution in [2.45, 2.75) is 33.5 Å². The number of ketones is 1. The molecule has 0 aliphatic carbocycles. The SMILES string of the molecule is CC(=O)Cc1ccc(COP(=O)(O)OCc2ccc(OC(C)=O)cc2)cc1. The molecular weight excluding hydrogens is 371 g/mol. The van der Waals surface area contributed by atoms with E-state index < -0.39 is 13.8 Å². The Morgan fingerprint density at radius 2 is 1.30 bits per heavy atom. The van der Waals surface area contributed by atoms with E-state index in [-0.39, 0.29) is 19.0 Å². The van der Waals surface area contributed by atoms with Crippen LogP contribution in [0.4, 0.5) is 0 Å². The molecule has 0 aliphatic rings. The van der Waals surface area contributed by atoms with Gasteiger partial charge in [0.25, 0.3) is 0 Å². The van der Waals surface area contributed by atoms with Crippen LogP contribution in [0.2, 0.25) is 0 Å². The minimum atomic E-state index is -4.23. The molecule has 2 aromatic carbocycles. The quantitative estimate of drug-likeness (QED) is 0.396. The molecule has 0 amide bonds. The van der Waals surface area contributed by atoms with Crippen molar-refractivity contribution in [1.82, 2.24) is 0 Å². The Bertz CT molecular complexity index is 761. The van der Waals surface area contributed by atoms with Crippen LogP contribution in [0.5, 0.6) is 5.75 Å². The first-order chi connectivity index (χ1) is 12.7. The van der Waals surface area contributed by atoms with Gasteiger partial charge in [0.1, 0.15) is 11.5 Å². The number of benzene rings is 2. The molecule has 7 nitrogen and oxygen atoms in total. The van der Waals surface area contributed by atoms with Crippen LogP contribution in [-0.4, -0.2) is 16.6 Å². The molecule has 2 rings (SSSR count). The summed E-state index contributed by atoms with van der Waals surface area (Å²) in [6.07, 6.45) is 0.346. The van der Waals surface area contributed by atoms with Crippen molar-refractivity contribution >= 4 is 19.6 Å². The molecule has 0 spiro atoms. The molecule has 0 aromatic heterocycles. The lowest BCUT2D eigenvalue weighted by molar-refractivity contribution is -0.131. The largest absolute Gasteiger partial charge is 0.472 e. The molecule has 0 radical (unpaired) electrons. The number of carbonyl (C=O) groups is 2. The summed E-state index contributed by atoms with van der Waals surface area (Å²) in [6.45, 7) is 2.58. The number of hydrogen-bond acceptors (Lipinski definition) is 6. The molecule has 0 fully saturated rings. The number of hydrogen-bond donors (Lipinski definition) is 1. The van der Waals surface area contributed by atoms with Crippen LogP contribution >= 0.6 is 7.82 Å². The lowest BCUT2D eigenvalue weighted by atomic mass is 10.1. The van der Waals surface area contributed by atoms with E-state index >= 15 is 0 Å². The van der Waals surface area contributed by atoms with Crippen molar-refractivity contribution in [3.8, 4) is 5.75 Å². The number of ether oxygens (including phenoxy) is 1. The van der Waals surface area contributed by atoms with Gasteiger partial charge in [-0.3, -0.25) is 18.6 Å². The summed E-state index contributed by atoms with van der Waals surface area (Å²) in [6, 6.07) is 13.4.